The smallest absolute Gasteiger partial charge is 0.272 e. The first kappa shape index (κ1) is 18.4. The fraction of sp³-hybridized carbons (Fsp3) is 0.409. The molecule has 1 atom stereocenters. The van der Waals surface area contributed by atoms with Crippen molar-refractivity contribution in [1.29, 1.82) is 0 Å². The molecule has 4 heterocycles. The Kier molecular flexibility index (Phi) is 4.42. The zero-order valence-electron chi connectivity index (χ0n) is 16.5. The van der Waals surface area contributed by atoms with Gasteiger partial charge in [-0.1, -0.05) is 30.3 Å². The molecule has 0 N–H and O–H groups in total. The Balaban J connectivity index is 1.28. The van der Waals surface area contributed by atoms with Crippen LogP contribution in [0.5, 0.6) is 0 Å². The van der Waals surface area contributed by atoms with E-state index in [-0.39, 0.29) is 11.8 Å². The number of aryl methyl sites for hydroxylation is 1. The number of likely N-dealkylation sites (tertiary alicyclic amines) is 2. The molecule has 29 heavy (non-hydrogen) atoms. The number of nitrogens with zero attached hydrogens (tertiary/aromatic N) is 4. The third-order valence-electron chi connectivity index (χ3n) is 6.39. The van der Waals surface area contributed by atoms with Crippen molar-refractivity contribution in [3.63, 3.8) is 0 Å². The van der Waals surface area contributed by atoms with Crippen LogP contribution in [0.4, 0.5) is 0 Å². The van der Waals surface area contributed by atoms with E-state index < -0.39 is 5.41 Å². The van der Waals surface area contributed by atoms with Crippen molar-refractivity contribution < 1.29 is 9.59 Å². The molecule has 5 rings (SSSR count). The van der Waals surface area contributed by atoms with Crippen LogP contribution in [0.15, 0.2) is 41.9 Å². The van der Waals surface area contributed by atoms with E-state index in [1.165, 1.54) is 16.9 Å². The number of carbonyl (C=O) groups excluding carboxylic acids is 2. The van der Waals surface area contributed by atoms with Crippen molar-refractivity contribution in [3.05, 3.63) is 58.9 Å². The second-order valence-corrected chi connectivity index (χ2v) is 9.01. The number of hydrogen-bond acceptors (Lipinski definition) is 4. The number of amides is 2. The minimum atomic E-state index is -0.404. The third kappa shape index (κ3) is 3.04. The molecule has 2 saturated heterocycles. The van der Waals surface area contributed by atoms with Crippen LogP contribution >= 0.6 is 11.3 Å². The largest absolute Gasteiger partial charge is 0.342 e. The third-order valence-corrected chi connectivity index (χ3v) is 7.15. The molecule has 2 aliphatic heterocycles. The SMILES string of the molecule is Cc1nc2sccn2c1C(=O)N1CCC2(CCN(CCc3ccccc3)C2=O)C1. The van der Waals surface area contributed by atoms with Gasteiger partial charge in [0.25, 0.3) is 5.91 Å². The van der Waals surface area contributed by atoms with E-state index in [1.807, 2.05) is 50.9 Å². The minimum absolute atomic E-state index is 0.0131. The lowest BCUT2D eigenvalue weighted by Crippen LogP contribution is -2.39. The molecule has 7 heteroatoms. The van der Waals surface area contributed by atoms with E-state index in [4.69, 9.17) is 0 Å². The molecular formula is C22H24N4O2S. The van der Waals surface area contributed by atoms with Crippen LogP contribution in [0.3, 0.4) is 0 Å². The molecule has 0 bridgehead atoms. The molecule has 2 fully saturated rings. The number of rotatable bonds is 4. The van der Waals surface area contributed by atoms with Crippen LogP contribution in [-0.4, -0.2) is 57.2 Å². The maximum atomic E-state index is 13.2. The van der Waals surface area contributed by atoms with Gasteiger partial charge in [0.05, 0.1) is 11.1 Å². The number of aromatic nitrogens is 2. The average Bonchev–Trinajstić information content (AvgIpc) is 3.48. The molecule has 2 aromatic heterocycles. The predicted octanol–water partition coefficient (Wildman–Crippen LogP) is 3.01. The molecule has 0 aliphatic carbocycles. The lowest BCUT2D eigenvalue weighted by molar-refractivity contribution is -0.135. The fourth-order valence-electron chi connectivity index (χ4n) is 4.74. The van der Waals surface area contributed by atoms with Crippen molar-refractivity contribution in [2.45, 2.75) is 26.2 Å². The van der Waals surface area contributed by atoms with Crippen molar-refractivity contribution in [2.75, 3.05) is 26.2 Å². The fourth-order valence-corrected chi connectivity index (χ4v) is 5.50. The monoisotopic (exact) mass is 408 g/mol. The first-order valence-electron chi connectivity index (χ1n) is 10.1. The van der Waals surface area contributed by atoms with Crippen molar-refractivity contribution in [3.8, 4) is 0 Å². The van der Waals surface area contributed by atoms with Gasteiger partial charge in [-0.15, -0.1) is 11.3 Å². The molecule has 6 nitrogen and oxygen atoms in total. The topological polar surface area (TPSA) is 57.9 Å². The van der Waals surface area contributed by atoms with Gasteiger partial charge in [0.15, 0.2) is 4.96 Å². The summed E-state index contributed by atoms with van der Waals surface area (Å²) in [5.74, 6) is 0.204. The van der Waals surface area contributed by atoms with Crippen LogP contribution in [0.25, 0.3) is 4.96 Å². The Hall–Kier alpha value is -2.67. The van der Waals surface area contributed by atoms with Gasteiger partial charge in [0.2, 0.25) is 5.91 Å². The molecule has 1 aromatic carbocycles. The number of thiazole rings is 1. The molecule has 1 unspecified atom stereocenters. The normalized spacial score (nSPS) is 21.8. The number of fused-ring (bicyclic) bond motifs is 1. The summed E-state index contributed by atoms with van der Waals surface area (Å²) < 4.78 is 1.87. The van der Waals surface area contributed by atoms with Crippen LogP contribution in [0.2, 0.25) is 0 Å². The van der Waals surface area contributed by atoms with Gasteiger partial charge in [-0.2, -0.15) is 0 Å². The highest BCUT2D eigenvalue weighted by molar-refractivity contribution is 7.15. The molecule has 0 radical (unpaired) electrons. The summed E-state index contributed by atoms with van der Waals surface area (Å²) in [7, 11) is 0. The molecule has 150 valence electrons. The van der Waals surface area contributed by atoms with Crippen molar-refractivity contribution in [1.82, 2.24) is 19.2 Å². The summed E-state index contributed by atoms with van der Waals surface area (Å²) in [6.45, 7) is 4.56. The second kappa shape index (κ2) is 6.99. The Bertz CT molecular complexity index is 1070. The highest BCUT2D eigenvalue weighted by Gasteiger charge is 2.51. The Labute approximate surface area is 173 Å². The number of benzene rings is 1. The lowest BCUT2D eigenvalue weighted by Gasteiger charge is -2.23. The zero-order valence-corrected chi connectivity index (χ0v) is 17.3. The van der Waals surface area contributed by atoms with E-state index in [2.05, 4.69) is 17.1 Å². The van der Waals surface area contributed by atoms with Crippen molar-refractivity contribution in [2.24, 2.45) is 5.41 Å². The lowest BCUT2D eigenvalue weighted by atomic mass is 9.85. The first-order chi connectivity index (χ1) is 14.1. The summed E-state index contributed by atoms with van der Waals surface area (Å²) in [4.78, 5) is 35.6. The quantitative estimate of drug-likeness (QED) is 0.667. The van der Waals surface area contributed by atoms with Crippen LogP contribution < -0.4 is 0 Å². The number of carbonyl (C=O) groups is 2. The van der Waals surface area contributed by atoms with Gasteiger partial charge in [0, 0.05) is 37.8 Å². The average molecular weight is 409 g/mol. The molecule has 2 aliphatic rings. The van der Waals surface area contributed by atoms with E-state index in [9.17, 15) is 9.59 Å². The Morgan fingerprint density at radius 1 is 1.21 bits per heavy atom. The summed E-state index contributed by atoms with van der Waals surface area (Å²) >= 11 is 1.53. The van der Waals surface area contributed by atoms with Gasteiger partial charge >= 0.3 is 0 Å². The summed E-state index contributed by atoms with van der Waals surface area (Å²) in [5.41, 5.74) is 2.23. The molecular weight excluding hydrogens is 384 g/mol. The second-order valence-electron chi connectivity index (χ2n) is 8.14. The van der Waals surface area contributed by atoms with E-state index in [1.54, 1.807) is 0 Å². The highest BCUT2D eigenvalue weighted by atomic mass is 32.1. The number of hydrogen-bond donors (Lipinski definition) is 0. The van der Waals surface area contributed by atoms with E-state index >= 15 is 0 Å². The zero-order chi connectivity index (χ0) is 20.0. The molecule has 3 aromatic rings. The summed E-state index contributed by atoms with van der Waals surface area (Å²) in [5, 5.41) is 1.94. The van der Waals surface area contributed by atoms with Crippen LogP contribution in [0.1, 0.15) is 34.6 Å². The van der Waals surface area contributed by atoms with Gasteiger partial charge in [-0.05, 0) is 31.7 Å². The van der Waals surface area contributed by atoms with E-state index in [0.29, 0.717) is 18.8 Å². The Morgan fingerprint density at radius 3 is 2.83 bits per heavy atom. The van der Waals surface area contributed by atoms with E-state index in [0.717, 1.165) is 43.0 Å². The highest BCUT2D eigenvalue weighted by Crippen LogP contribution is 2.41. The Morgan fingerprint density at radius 2 is 2.00 bits per heavy atom. The maximum absolute atomic E-state index is 13.2. The van der Waals surface area contributed by atoms with Gasteiger partial charge in [0.1, 0.15) is 5.69 Å². The molecule has 0 saturated carbocycles. The molecule has 1 spiro atoms. The van der Waals surface area contributed by atoms with Crippen molar-refractivity contribution >= 4 is 28.1 Å². The van der Waals surface area contributed by atoms with Crippen LogP contribution in [-0.2, 0) is 11.2 Å². The minimum Gasteiger partial charge on any atom is -0.342 e. The van der Waals surface area contributed by atoms with Gasteiger partial charge in [-0.3, -0.25) is 14.0 Å². The summed E-state index contributed by atoms with van der Waals surface area (Å²) in [6, 6.07) is 10.3. The van der Waals surface area contributed by atoms with Gasteiger partial charge < -0.3 is 9.80 Å². The standard InChI is InChI=1S/C22H24N4O2S/c1-16-18(26-13-14-29-21(26)23-16)19(27)25-12-9-22(15-25)8-11-24(20(22)28)10-7-17-5-3-2-4-6-17/h2-6,13-14H,7-12,15H2,1H3. The maximum Gasteiger partial charge on any atom is 0.272 e. The molecule has 2 amide bonds. The number of imidazole rings is 1. The predicted molar refractivity (Wildman–Crippen MR) is 112 cm³/mol. The van der Waals surface area contributed by atoms with Crippen LogP contribution in [0, 0.1) is 12.3 Å². The first-order valence-corrected chi connectivity index (χ1v) is 11.0. The summed E-state index contributed by atoms with van der Waals surface area (Å²) in [6.07, 6.45) is 4.36. The van der Waals surface area contributed by atoms with Gasteiger partial charge in [-0.25, -0.2) is 4.98 Å².